The van der Waals surface area contributed by atoms with E-state index in [1.165, 1.54) is 28.9 Å². The third-order valence-electron chi connectivity index (χ3n) is 5.57. The molecule has 2 rings (SSSR count). The van der Waals surface area contributed by atoms with Crippen molar-refractivity contribution in [2.24, 2.45) is 16.8 Å². The van der Waals surface area contributed by atoms with Crippen molar-refractivity contribution >= 4 is 16.6 Å². The molecule has 0 aliphatic heterocycles. The molecule has 1 aromatic heterocycles. The highest BCUT2D eigenvalue weighted by molar-refractivity contribution is 6.05. The molecule has 0 saturated heterocycles. The summed E-state index contributed by atoms with van der Waals surface area (Å²) < 4.78 is 13.6. The van der Waals surface area contributed by atoms with E-state index < -0.39 is 0 Å². The van der Waals surface area contributed by atoms with Crippen molar-refractivity contribution in [1.82, 2.24) is 9.97 Å². The molecule has 182 valence electrons. The van der Waals surface area contributed by atoms with Crippen LogP contribution < -0.4 is 0 Å². The van der Waals surface area contributed by atoms with E-state index in [2.05, 4.69) is 82.7 Å². The van der Waals surface area contributed by atoms with Crippen molar-refractivity contribution in [3.8, 4) is 0 Å². The van der Waals surface area contributed by atoms with Gasteiger partial charge in [0.25, 0.3) is 0 Å². The van der Waals surface area contributed by atoms with Crippen LogP contribution in [-0.2, 0) is 6.42 Å². The second-order valence-corrected chi connectivity index (χ2v) is 9.72. The van der Waals surface area contributed by atoms with Gasteiger partial charge in [0.15, 0.2) is 0 Å². The van der Waals surface area contributed by atoms with Crippen molar-refractivity contribution in [2.75, 3.05) is 0 Å². The Balaban J connectivity index is 2.40. The summed E-state index contributed by atoms with van der Waals surface area (Å²) in [7, 11) is 0. The van der Waals surface area contributed by atoms with Gasteiger partial charge in [-0.15, -0.1) is 0 Å². The number of aromatic nitrogens is 2. The number of benzene rings is 1. The van der Waals surface area contributed by atoms with Crippen LogP contribution in [0.2, 0.25) is 0 Å². The number of halogens is 1. The highest BCUT2D eigenvalue weighted by Gasteiger charge is 2.14. The number of hydrogen-bond acceptors (Lipinski definition) is 3. The molecule has 0 unspecified atom stereocenters. The third-order valence-corrected chi connectivity index (χ3v) is 5.57. The zero-order valence-corrected chi connectivity index (χ0v) is 22.1. The summed E-state index contributed by atoms with van der Waals surface area (Å²) in [6.07, 6.45) is 12.9. The topological polar surface area (TPSA) is 38.1 Å². The van der Waals surface area contributed by atoms with Gasteiger partial charge in [-0.3, -0.25) is 4.99 Å². The Morgan fingerprint density at radius 3 is 2.44 bits per heavy atom. The average molecular weight is 462 g/mol. The van der Waals surface area contributed by atoms with E-state index >= 15 is 0 Å². The molecular formula is C30H40FN3. The quantitative estimate of drug-likeness (QED) is 0.262. The number of aryl methyl sites for hydroxylation is 1. The highest BCUT2D eigenvalue weighted by atomic mass is 19.1. The van der Waals surface area contributed by atoms with E-state index in [1.807, 2.05) is 6.92 Å². The number of allylic oxidation sites excluding steroid dienone is 8. The minimum Gasteiger partial charge on any atom is -0.257 e. The minimum atomic E-state index is -0.283. The molecule has 4 heteroatoms. The fourth-order valence-electron chi connectivity index (χ4n) is 3.67. The summed E-state index contributed by atoms with van der Waals surface area (Å²) in [5, 5.41) is 0.843. The lowest BCUT2D eigenvalue weighted by Crippen LogP contribution is -2.12. The van der Waals surface area contributed by atoms with Gasteiger partial charge in [0, 0.05) is 29.8 Å². The SMILES string of the molecule is C\C=C/C(C)=C(/C=C\CC(C)C)C(=NC(CCc1ncc2ccc(F)cc2n1)=C(C)C)C(C)C. The Labute approximate surface area is 205 Å². The van der Waals surface area contributed by atoms with E-state index in [-0.39, 0.29) is 11.7 Å². The molecule has 3 nitrogen and oxygen atoms in total. The summed E-state index contributed by atoms with van der Waals surface area (Å²) in [4.78, 5) is 14.3. The van der Waals surface area contributed by atoms with Gasteiger partial charge >= 0.3 is 0 Å². The maximum absolute atomic E-state index is 13.6. The summed E-state index contributed by atoms with van der Waals surface area (Å²) in [6.45, 7) is 17.3. The normalized spacial score (nSPS) is 13.6. The maximum atomic E-state index is 13.6. The Bertz CT molecular complexity index is 1130. The Morgan fingerprint density at radius 2 is 1.82 bits per heavy atom. The van der Waals surface area contributed by atoms with Crippen LogP contribution in [0.4, 0.5) is 4.39 Å². The molecule has 0 fully saturated rings. The molecule has 0 aliphatic carbocycles. The molecule has 0 saturated carbocycles. The lowest BCUT2D eigenvalue weighted by Gasteiger charge is -2.16. The Morgan fingerprint density at radius 1 is 1.09 bits per heavy atom. The fraction of sp³-hybridized carbons (Fsp3) is 0.433. The van der Waals surface area contributed by atoms with Gasteiger partial charge in [0.1, 0.15) is 11.6 Å². The zero-order chi connectivity index (χ0) is 25.3. The van der Waals surface area contributed by atoms with Crippen LogP contribution in [0.5, 0.6) is 0 Å². The van der Waals surface area contributed by atoms with Crippen LogP contribution in [-0.4, -0.2) is 15.7 Å². The van der Waals surface area contributed by atoms with E-state index in [4.69, 9.17) is 4.99 Å². The summed E-state index contributed by atoms with van der Waals surface area (Å²) in [5.74, 6) is 1.31. The monoisotopic (exact) mass is 461 g/mol. The maximum Gasteiger partial charge on any atom is 0.129 e. The lowest BCUT2D eigenvalue weighted by molar-refractivity contribution is 0.629. The molecule has 1 aromatic carbocycles. The van der Waals surface area contributed by atoms with Crippen LogP contribution in [0.15, 0.2) is 76.1 Å². The van der Waals surface area contributed by atoms with Gasteiger partial charge in [-0.1, -0.05) is 57.6 Å². The summed E-state index contributed by atoms with van der Waals surface area (Å²) in [5.41, 5.74) is 6.35. The van der Waals surface area contributed by atoms with Crippen molar-refractivity contribution in [3.05, 3.63) is 82.8 Å². The van der Waals surface area contributed by atoms with Gasteiger partial charge in [-0.25, -0.2) is 14.4 Å². The van der Waals surface area contributed by atoms with E-state index in [9.17, 15) is 4.39 Å². The largest absolute Gasteiger partial charge is 0.257 e. The van der Waals surface area contributed by atoms with Crippen molar-refractivity contribution < 1.29 is 4.39 Å². The van der Waals surface area contributed by atoms with Gasteiger partial charge in [-0.2, -0.15) is 0 Å². The van der Waals surface area contributed by atoms with Crippen molar-refractivity contribution in [1.29, 1.82) is 0 Å². The molecule has 34 heavy (non-hydrogen) atoms. The molecule has 1 heterocycles. The predicted octanol–water partition coefficient (Wildman–Crippen LogP) is 8.59. The first-order valence-electron chi connectivity index (χ1n) is 12.3. The molecule has 0 N–H and O–H groups in total. The first kappa shape index (κ1) is 27.4. The molecular weight excluding hydrogens is 421 g/mol. The molecule has 2 aromatic rings. The first-order chi connectivity index (χ1) is 16.1. The standard InChI is InChI=1S/C30H40FN3/c1-9-11-23(8)26(13-10-12-20(2)3)30(22(6)7)34-27(21(4)5)16-17-29-32-19-24-14-15-25(31)18-28(24)33-29/h9-11,13-15,18-20,22H,12,16-17H2,1-8H3/b11-9-,13-10-,26-23-,34-30?. The molecule has 0 amide bonds. The second-order valence-electron chi connectivity index (χ2n) is 9.72. The van der Waals surface area contributed by atoms with E-state index in [0.29, 0.717) is 23.7 Å². The highest BCUT2D eigenvalue weighted by Crippen LogP contribution is 2.22. The molecule has 0 bridgehead atoms. The number of hydrogen-bond donors (Lipinski definition) is 0. The Kier molecular flexibility index (Phi) is 10.6. The van der Waals surface area contributed by atoms with Crippen molar-refractivity contribution in [3.63, 3.8) is 0 Å². The second kappa shape index (κ2) is 13.1. The lowest BCUT2D eigenvalue weighted by atomic mass is 9.94. The van der Waals surface area contributed by atoms with Gasteiger partial charge < -0.3 is 0 Å². The van der Waals surface area contributed by atoms with Gasteiger partial charge in [-0.05, 0) is 75.7 Å². The van der Waals surface area contributed by atoms with Gasteiger partial charge in [0.2, 0.25) is 0 Å². The summed E-state index contributed by atoms with van der Waals surface area (Å²) in [6, 6.07) is 4.61. The molecule has 0 radical (unpaired) electrons. The predicted molar refractivity (Wildman–Crippen MR) is 145 cm³/mol. The Hall–Kier alpha value is -2.88. The van der Waals surface area contributed by atoms with Crippen LogP contribution in [0.3, 0.4) is 0 Å². The van der Waals surface area contributed by atoms with Crippen LogP contribution in [0.1, 0.15) is 74.1 Å². The van der Waals surface area contributed by atoms with E-state index in [1.54, 1.807) is 12.3 Å². The fourth-order valence-corrected chi connectivity index (χ4v) is 3.67. The number of aliphatic imine (C=N–C) groups is 1. The molecule has 0 spiro atoms. The number of rotatable bonds is 10. The van der Waals surface area contributed by atoms with Crippen LogP contribution in [0, 0.1) is 17.7 Å². The number of nitrogens with zero attached hydrogens (tertiary/aromatic N) is 3. The molecule has 0 atom stereocenters. The minimum absolute atomic E-state index is 0.271. The third kappa shape index (κ3) is 8.16. The van der Waals surface area contributed by atoms with Gasteiger partial charge in [0.05, 0.1) is 11.2 Å². The van der Waals surface area contributed by atoms with Crippen LogP contribution in [0.25, 0.3) is 10.9 Å². The van der Waals surface area contributed by atoms with Crippen LogP contribution >= 0.6 is 0 Å². The molecule has 0 aliphatic rings. The smallest absolute Gasteiger partial charge is 0.129 e. The summed E-state index contributed by atoms with van der Waals surface area (Å²) >= 11 is 0. The van der Waals surface area contributed by atoms with Crippen molar-refractivity contribution in [2.45, 2.75) is 74.7 Å². The first-order valence-corrected chi connectivity index (χ1v) is 12.3. The number of fused-ring (bicyclic) bond motifs is 1. The van der Waals surface area contributed by atoms with E-state index in [0.717, 1.165) is 29.6 Å². The zero-order valence-electron chi connectivity index (χ0n) is 22.1. The average Bonchev–Trinajstić information content (AvgIpc) is 2.76.